The molecule has 2 saturated heterocycles. The second-order valence-electron chi connectivity index (χ2n) is 7.61. The van der Waals surface area contributed by atoms with Crippen LogP contribution in [0.2, 0.25) is 10.0 Å². The quantitative estimate of drug-likeness (QED) is 0.629. The minimum absolute atomic E-state index is 0. The predicted octanol–water partition coefficient (Wildman–Crippen LogP) is 2.38. The molecule has 2 fully saturated rings. The maximum atomic E-state index is 13.1. The van der Waals surface area contributed by atoms with Gasteiger partial charge in [-0.25, -0.2) is 4.79 Å². The summed E-state index contributed by atoms with van der Waals surface area (Å²) >= 11 is 13.8. The van der Waals surface area contributed by atoms with Gasteiger partial charge in [0.15, 0.2) is 0 Å². The minimum atomic E-state index is -1.07. The van der Waals surface area contributed by atoms with Crippen LogP contribution in [0.3, 0.4) is 0 Å². The number of nitrogens with one attached hydrogen (secondary N) is 1. The highest BCUT2D eigenvalue weighted by Crippen LogP contribution is 2.51. The van der Waals surface area contributed by atoms with E-state index in [1.165, 1.54) is 16.7 Å². The highest BCUT2D eigenvalue weighted by Gasteiger charge is 2.64. The van der Waals surface area contributed by atoms with E-state index in [1.54, 1.807) is 39.0 Å². The summed E-state index contributed by atoms with van der Waals surface area (Å²) in [4.78, 5) is 38.7. The van der Waals surface area contributed by atoms with Gasteiger partial charge in [0, 0.05) is 10.3 Å². The van der Waals surface area contributed by atoms with Gasteiger partial charge in [0.2, 0.25) is 5.91 Å². The van der Waals surface area contributed by atoms with Crippen molar-refractivity contribution in [2.75, 3.05) is 0 Å². The van der Waals surface area contributed by atoms with Crippen molar-refractivity contribution in [3.63, 3.8) is 0 Å². The molecule has 0 spiro atoms. The lowest BCUT2D eigenvalue weighted by molar-refractivity contribution is -0.159. The van der Waals surface area contributed by atoms with Crippen molar-refractivity contribution >= 4 is 52.7 Å². The van der Waals surface area contributed by atoms with Gasteiger partial charge in [-0.1, -0.05) is 34.4 Å². The van der Waals surface area contributed by atoms with Gasteiger partial charge in [-0.3, -0.25) is 9.59 Å². The number of carbonyl (C=O) groups excluding carboxylic acids is 2. The number of aliphatic carboxylic acids is 1. The van der Waals surface area contributed by atoms with Gasteiger partial charge in [-0.2, -0.15) is 0 Å². The van der Waals surface area contributed by atoms with Gasteiger partial charge in [0.05, 0.1) is 10.0 Å². The van der Waals surface area contributed by atoms with Crippen LogP contribution in [0.5, 0.6) is 0 Å². The largest absolute Gasteiger partial charge is 0.480 e. The highest BCUT2D eigenvalue weighted by atomic mass is 35.5. The zero-order valence-electron chi connectivity index (χ0n) is 16.6. The number of halogens is 2. The third kappa shape index (κ3) is 3.57. The van der Waals surface area contributed by atoms with Gasteiger partial charge in [-0.15, -0.1) is 11.8 Å². The normalized spacial score (nSPS) is 23.6. The summed E-state index contributed by atoms with van der Waals surface area (Å²) in [5.41, 5.74) is 0.645. The fraction of sp³-hybridized carbons (Fsp3) is 0.368. The Morgan fingerprint density at radius 3 is 2.48 bits per heavy atom. The van der Waals surface area contributed by atoms with E-state index in [4.69, 9.17) is 27.7 Å². The average Bonchev–Trinajstić information content (AvgIpc) is 3.14. The maximum absolute atomic E-state index is 13.1. The Morgan fingerprint density at radius 2 is 1.90 bits per heavy atom. The van der Waals surface area contributed by atoms with Crippen LogP contribution in [0.4, 0.5) is 0 Å². The van der Waals surface area contributed by atoms with E-state index in [2.05, 4.69) is 10.5 Å². The number of rotatable bonds is 4. The Morgan fingerprint density at radius 1 is 1.29 bits per heavy atom. The van der Waals surface area contributed by atoms with E-state index in [9.17, 15) is 19.5 Å². The van der Waals surface area contributed by atoms with Crippen molar-refractivity contribution in [2.24, 2.45) is 0 Å². The molecule has 1 aromatic carbocycles. The van der Waals surface area contributed by atoms with Crippen LogP contribution < -0.4 is 5.32 Å². The molecule has 0 radical (unpaired) electrons. The number of carboxylic acids is 1. The molecule has 4 N–H and O–H groups in total. The summed E-state index contributed by atoms with van der Waals surface area (Å²) in [6.45, 7) is 5.10. The summed E-state index contributed by atoms with van der Waals surface area (Å²) in [5, 5.41) is 16.3. The third-order valence-corrected chi connectivity index (χ3v) is 7.45. The van der Waals surface area contributed by atoms with Crippen molar-refractivity contribution < 1.29 is 29.5 Å². The SMILES string of the molecule is Cc1onc(-c2c(Cl)cccc2Cl)c1C(=O)NC1C(=O)N2C1SC(C)(C)C2C(=O)O.O. The molecule has 0 saturated carbocycles. The van der Waals surface area contributed by atoms with Crippen molar-refractivity contribution in [1.82, 2.24) is 15.4 Å². The smallest absolute Gasteiger partial charge is 0.327 e. The lowest BCUT2D eigenvalue weighted by Crippen LogP contribution is -2.70. The van der Waals surface area contributed by atoms with Crippen LogP contribution in [0, 0.1) is 6.92 Å². The molecule has 2 aromatic rings. The van der Waals surface area contributed by atoms with Gasteiger partial charge in [0.25, 0.3) is 5.91 Å². The number of nitrogens with zero attached hydrogens (tertiary/aromatic N) is 2. The van der Waals surface area contributed by atoms with Gasteiger partial charge < -0.3 is 25.3 Å². The highest BCUT2D eigenvalue weighted by molar-refractivity contribution is 8.01. The topological polar surface area (TPSA) is 144 Å². The van der Waals surface area contributed by atoms with E-state index in [0.717, 1.165) is 0 Å². The van der Waals surface area contributed by atoms with Gasteiger partial charge in [-0.05, 0) is 32.9 Å². The molecule has 0 aliphatic carbocycles. The van der Waals surface area contributed by atoms with Crippen molar-refractivity contribution in [3.8, 4) is 11.3 Å². The van der Waals surface area contributed by atoms with E-state index >= 15 is 0 Å². The number of fused-ring (bicyclic) bond motifs is 1. The van der Waals surface area contributed by atoms with Crippen molar-refractivity contribution in [3.05, 3.63) is 39.6 Å². The molecule has 31 heavy (non-hydrogen) atoms. The van der Waals surface area contributed by atoms with Crippen molar-refractivity contribution in [2.45, 2.75) is 43.0 Å². The van der Waals surface area contributed by atoms with E-state index < -0.39 is 40.0 Å². The first kappa shape index (κ1) is 23.4. The number of carbonyl (C=O) groups is 3. The standard InChI is InChI=1S/C19H17Cl2N3O5S.H2O/c1-7-10(12(23-29-7)11-8(20)5-4-6-9(11)21)15(25)22-13-16(26)24-14(18(27)28)19(2,3)30-17(13)24;/h4-6,13-14,17H,1-3H3,(H,22,25)(H,27,28);1H2. The number of benzene rings is 1. The lowest BCUT2D eigenvalue weighted by atomic mass is 9.95. The summed E-state index contributed by atoms with van der Waals surface area (Å²) in [5.74, 6) is -1.84. The lowest BCUT2D eigenvalue weighted by Gasteiger charge is -2.43. The Bertz CT molecular complexity index is 1070. The Hall–Kier alpha value is -2.27. The second kappa shape index (κ2) is 8.01. The zero-order chi connectivity index (χ0) is 22.0. The number of thioether (sulfide) groups is 1. The number of hydrogen-bond donors (Lipinski definition) is 2. The first-order valence-electron chi connectivity index (χ1n) is 8.99. The summed E-state index contributed by atoms with van der Waals surface area (Å²) < 4.78 is 4.52. The number of aromatic nitrogens is 1. The first-order chi connectivity index (χ1) is 14.0. The third-order valence-electron chi connectivity index (χ3n) is 5.25. The summed E-state index contributed by atoms with van der Waals surface area (Å²) in [7, 11) is 0. The fourth-order valence-electron chi connectivity index (χ4n) is 3.89. The van der Waals surface area contributed by atoms with Crippen molar-refractivity contribution in [1.29, 1.82) is 0 Å². The number of hydrogen-bond acceptors (Lipinski definition) is 6. The predicted molar refractivity (Wildman–Crippen MR) is 115 cm³/mol. The number of carboxylic acid groups (broad SMARTS) is 1. The molecule has 2 amide bonds. The molecule has 1 aromatic heterocycles. The first-order valence-corrected chi connectivity index (χ1v) is 10.6. The second-order valence-corrected chi connectivity index (χ2v) is 10.2. The molecule has 12 heteroatoms. The summed E-state index contributed by atoms with van der Waals surface area (Å²) in [6.07, 6.45) is 0. The van der Waals surface area contributed by atoms with Crippen LogP contribution in [0.15, 0.2) is 22.7 Å². The molecule has 2 aliphatic rings. The molecular weight excluding hydrogens is 469 g/mol. The molecular formula is C19H19Cl2N3O6S. The maximum Gasteiger partial charge on any atom is 0.327 e. The van der Waals surface area contributed by atoms with Crippen LogP contribution in [-0.2, 0) is 9.59 Å². The number of aryl methyl sites for hydroxylation is 1. The van der Waals surface area contributed by atoms with Crippen LogP contribution in [0.25, 0.3) is 11.3 Å². The van der Waals surface area contributed by atoms with E-state index in [1.807, 2.05) is 0 Å². The Labute approximate surface area is 191 Å². The minimum Gasteiger partial charge on any atom is -0.480 e. The zero-order valence-corrected chi connectivity index (χ0v) is 18.9. The molecule has 0 bridgehead atoms. The number of amides is 2. The van der Waals surface area contributed by atoms with Crippen LogP contribution in [0.1, 0.15) is 30.0 Å². The van der Waals surface area contributed by atoms with Crippen LogP contribution in [-0.4, -0.2) is 60.6 Å². The fourth-order valence-corrected chi connectivity index (χ4v) is 6.09. The summed E-state index contributed by atoms with van der Waals surface area (Å²) in [6, 6.07) is 3.09. The monoisotopic (exact) mass is 487 g/mol. The Balaban J connectivity index is 0.00000272. The van der Waals surface area contributed by atoms with Gasteiger partial charge >= 0.3 is 5.97 Å². The number of β-lactam (4-membered cyclic amide) rings is 1. The van der Waals surface area contributed by atoms with Crippen LogP contribution >= 0.6 is 35.0 Å². The molecule has 9 nitrogen and oxygen atoms in total. The molecule has 166 valence electrons. The Kier molecular flexibility index (Phi) is 6.05. The molecule has 3 heterocycles. The van der Waals surface area contributed by atoms with E-state index in [0.29, 0.717) is 15.6 Å². The average molecular weight is 488 g/mol. The van der Waals surface area contributed by atoms with Gasteiger partial charge in [0.1, 0.15) is 34.5 Å². The molecule has 3 unspecified atom stereocenters. The molecule has 4 rings (SSSR count). The van der Waals surface area contributed by atoms with E-state index in [-0.39, 0.29) is 22.5 Å². The molecule has 2 aliphatic heterocycles. The molecule has 3 atom stereocenters.